The Morgan fingerprint density at radius 3 is 0.857 bits per heavy atom. The Hall–Kier alpha value is 1.42. The first-order chi connectivity index (χ1) is 2.45. The van der Waals surface area contributed by atoms with E-state index in [0.29, 0.717) is 0 Å². The van der Waals surface area contributed by atoms with Crippen LogP contribution in [0.3, 0.4) is 0 Å². The van der Waals surface area contributed by atoms with Crippen molar-refractivity contribution in [2.45, 2.75) is 0 Å². The Labute approximate surface area is 50.4 Å². The fourth-order valence-electron chi connectivity index (χ4n) is 0. The van der Waals surface area contributed by atoms with Gasteiger partial charge in [0.1, 0.15) is 0 Å². The number of halogens is 6. The first-order valence-corrected chi connectivity index (χ1v) is 14.4. The summed E-state index contributed by atoms with van der Waals surface area (Å²) in [6, 6.07) is 0. The van der Waals surface area contributed by atoms with Crippen LogP contribution in [0.1, 0.15) is 0 Å². The third-order valence-corrected chi connectivity index (χ3v) is 0. The maximum atomic E-state index is 11.1. The topological polar surface area (TPSA) is 0 Å². The Balaban J connectivity index is 4.43. The van der Waals surface area contributed by atoms with Gasteiger partial charge in [0.15, 0.2) is 0 Å². The van der Waals surface area contributed by atoms with Crippen molar-refractivity contribution < 1.29 is 24.5 Å². The molecule has 0 heterocycles. The monoisotopic (exact) mass is 327 g/mol. The van der Waals surface area contributed by atoms with Crippen molar-refractivity contribution in [1.29, 1.82) is 0 Å². The van der Waals surface area contributed by atoms with Crippen LogP contribution in [0.2, 0.25) is 0 Å². The minimum atomic E-state index is -8.62. The van der Waals surface area contributed by atoms with Gasteiger partial charge in [0.2, 0.25) is 0 Å². The zero-order valence-corrected chi connectivity index (χ0v) is 8.09. The molecule has 0 atom stereocenters. The number of hydrogen-bond donors (Lipinski definition) is 0. The quantitative estimate of drug-likeness (QED) is 0.472. The molecule has 0 nitrogen and oxygen atoms in total. The zero-order valence-electron chi connectivity index (χ0n) is 2.72. The summed E-state index contributed by atoms with van der Waals surface area (Å²) in [6.45, 7) is 0. The van der Waals surface area contributed by atoms with Gasteiger partial charge in [-0.1, -0.05) is 0 Å². The summed E-state index contributed by atoms with van der Waals surface area (Å²) in [5.74, 6) is 0. The Kier molecular flexibility index (Phi) is 1.36. The van der Waals surface area contributed by atoms with Gasteiger partial charge in [0, 0.05) is 0 Å². The molecule has 0 aliphatic rings. The summed E-state index contributed by atoms with van der Waals surface area (Å²) < 4.78 is 44.4. The molecular weight excluding hydrogens is 329 g/mol. The molecular formula is Br2F4Nb-. The first kappa shape index (κ1) is 8.42. The van der Waals surface area contributed by atoms with Gasteiger partial charge in [0.25, 0.3) is 0 Å². The molecule has 0 aliphatic heterocycles. The van der Waals surface area contributed by atoms with Gasteiger partial charge >= 0.3 is 50.6 Å². The van der Waals surface area contributed by atoms with Gasteiger partial charge in [-0.05, 0) is 0 Å². The zero-order chi connectivity index (χ0) is 6.41. The molecule has 0 radical (unpaired) electrons. The van der Waals surface area contributed by atoms with Gasteiger partial charge in [-0.25, -0.2) is 0 Å². The van der Waals surface area contributed by atoms with Gasteiger partial charge < -0.3 is 0 Å². The molecule has 7 heteroatoms. The number of rotatable bonds is 0. The normalized spacial score (nSPS) is 23.1. The molecule has 0 aromatic rings. The molecule has 0 saturated heterocycles. The van der Waals surface area contributed by atoms with Crippen LogP contribution in [0.4, 0.5) is 12.1 Å². The standard InChI is InChI=1S/2BrH.4FH.Nb/h6*1H;/q;;;;;;+5/p-6. The summed E-state index contributed by atoms with van der Waals surface area (Å²) in [6.07, 6.45) is 0. The van der Waals surface area contributed by atoms with E-state index >= 15 is 0 Å². The summed E-state index contributed by atoms with van der Waals surface area (Å²) in [5, 5.41) is 0. The van der Waals surface area contributed by atoms with Crippen LogP contribution < -0.4 is 0 Å². The van der Waals surface area contributed by atoms with Crippen LogP contribution in [0, 0.1) is 0 Å². The molecule has 0 unspecified atom stereocenters. The third kappa shape index (κ3) is 108. The van der Waals surface area contributed by atoms with E-state index in [4.69, 9.17) is 0 Å². The van der Waals surface area contributed by atoms with E-state index in [-0.39, 0.29) is 0 Å². The molecule has 7 heavy (non-hydrogen) atoms. The van der Waals surface area contributed by atoms with Crippen molar-refractivity contribution in [2.24, 2.45) is 0 Å². The minimum absolute atomic E-state index is 1.03. The molecule has 0 saturated carbocycles. The Morgan fingerprint density at radius 2 is 0.857 bits per heavy atom. The van der Waals surface area contributed by atoms with Gasteiger partial charge in [-0.15, -0.1) is 0 Å². The van der Waals surface area contributed by atoms with Crippen molar-refractivity contribution in [3.05, 3.63) is 0 Å². The summed E-state index contributed by atoms with van der Waals surface area (Å²) in [7, 11) is 0. The third-order valence-electron chi connectivity index (χ3n) is 0. The van der Waals surface area contributed by atoms with Crippen molar-refractivity contribution in [3.63, 3.8) is 0 Å². The van der Waals surface area contributed by atoms with Gasteiger partial charge in [-0.2, -0.15) is 0 Å². The molecule has 0 bridgehead atoms. The molecule has 0 fully saturated rings. The van der Waals surface area contributed by atoms with Crippen LogP contribution in [0.15, 0.2) is 0 Å². The molecule has 48 valence electrons. The van der Waals surface area contributed by atoms with E-state index in [1.807, 2.05) is 0 Å². The summed E-state index contributed by atoms with van der Waals surface area (Å²) >= 11 is -6.57. The number of hydrogen-bond acceptors (Lipinski definition) is 0. The molecule has 0 aliphatic carbocycles. The van der Waals surface area contributed by atoms with Crippen LogP contribution in [0.5, 0.6) is 0 Å². The second-order valence-electron chi connectivity index (χ2n) is 0.958. The van der Waals surface area contributed by atoms with E-state index in [1.54, 1.807) is 0 Å². The molecule has 0 aromatic carbocycles. The molecule has 0 rings (SSSR count). The van der Waals surface area contributed by atoms with E-state index in [1.165, 1.54) is 0 Å². The van der Waals surface area contributed by atoms with Crippen LogP contribution >= 0.6 is 26.0 Å². The second kappa shape index (κ2) is 1.13. The molecule has 0 N–H and O–H groups in total. The van der Waals surface area contributed by atoms with Crippen LogP contribution in [-0.4, -0.2) is 0 Å². The predicted octanol–water partition coefficient (Wildman–Crippen LogP) is 3.37. The van der Waals surface area contributed by atoms with Crippen molar-refractivity contribution in [2.75, 3.05) is 0 Å². The van der Waals surface area contributed by atoms with Crippen LogP contribution in [-0.2, 0) is 12.4 Å². The van der Waals surface area contributed by atoms with Crippen LogP contribution in [0.25, 0.3) is 0 Å². The summed E-state index contributed by atoms with van der Waals surface area (Å²) in [5.41, 5.74) is 0. The van der Waals surface area contributed by atoms with E-state index in [2.05, 4.69) is 0 Å². The summed E-state index contributed by atoms with van der Waals surface area (Å²) in [4.78, 5) is 0. The molecule has 0 amide bonds. The van der Waals surface area contributed by atoms with Gasteiger partial charge in [-0.3, -0.25) is 0 Å². The van der Waals surface area contributed by atoms with E-state index < -0.39 is 12.4 Å². The fraction of sp³-hybridized carbons (Fsp3) is 0. The Morgan fingerprint density at radius 1 is 0.857 bits per heavy atom. The average molecular weight is 329 g/mol. The molecule has 0 aromatic heterocycles. The first-order valence-electron chi connectivity index (χ1n) is 1.01. The second-order valence-corrected chi connectivity index (χ2v) is 28.2. The Bertz CT molecular complexity index is 68.3. The maximum absolute atomic E-state index is 11.1. The molecule has 0 spiro atoms. The SMILES string of the molecule is [F][Nb-]([F])([F])([F])([Br])[Br]. The van der Waals surface area contributed by atoms with Crippen molar-refractivity contribution >= 4 is 26.0 Å². The van der Waals surface area contributed by atoms with Crippen molar-refractivity contribution in [1.82, 2.24) is 0 Å². The van der Waals surface area contributed by atoms with Crippen molar-refractivity contribution in [3.8, 4) is 0 Å². The van der Waals surface area contributed by atoms with Gasteiger partial charge in [0.05, 0.1) is 0 Å². The average Bonchev–Trinajstić information content (AvgIpc) is 0.592. The van der Waals surface area contributed by atoms with E-state index in [9.17, 15) is 12.1 Å². The fourth-order valence-corrected chi connectivity index (χ4v) is 0. The van der Waals surface area contributed by atoms with E-state index in [0.717, 1.165) is 26.0 Å². The predicted molar refractivity (Wildman–Crippen MR) is 22.3 cm³/mol.